The van der Waals surface area contributed by atoms with Gasteiger partial charge in [0.15, 0.2) is 0 Å². The normalized spacial score (nSPS) is 33.8. The largest absolute Gasteiger partial charge is 0.458 e. The van der Waals surface area contributed by atoms with E-state index in [0.717, 1.165) is 56.8 Å². The molecule has 6 atom stereocenters. The van der Waals surface area contributed by atoms with Crippen LogP contribution in [-0.4, -0.2) is 60.4 Å². The van der Waals surface area contributed by atoms with E-state index in [0.29, 0.717) is 11.8 Å². The molecule has 0 amide bonds. The molecule has 2 fully saturated rings. The first-order chi connectivity index (χ1) is 15.7. The summed E-state index contributed by atoms with van der Waals surface area (Å²) in [6, 6.07) is 6.76. The number of anilines is 1. The second-order valence-corrected chi connectivity index (χ2v) is 10.4. The molecule has 1 aromatic carbocycles. The summed E-state index contributed by atoms with van der Waals surface area (Å²) in [7, 11) is 0. The van der Waals surface area contributed by atoms with Gasteiger partial charge in [-0.15, -0.1) is 0 Å². The van der Waals surface area contributed by atoms with Crippen LogP contribution in [0.2, 0.25) is 0 Å². The Morgan fingerprint density at radius 3 is 2.52 bits per heavy atom. The third-order valence-electron chi connectivity index (χ3n) is 8.16. The molecular formula is C27H38FN2O3. The second kappa shape index (κ2) is 9.75. The van der Waals surface area contributed by atoms with Crippen LogP contribution in [0.3, 0.4) is 0 Å². The monoisotopic (exact) mass is 457 g/mol. The van der Waals surface area contributed by atoms with Gasteiger partial charge in [0.2, 0.25) is 0 Å². The van der Waals surface area contributed by atoms with Crippen molar-refractivity contribution in [3.05, 3.63) is 48.2 Å². The molecule has 1 saturated carbocycles. The van der Waals surface area contributed by atoms with Gasteiger partial charge in [-0.05, 0) is 67.4 Å². The average molecular weight is 458 g/mol. The highest BCUT2D eigenvalue weighted by Crippen LogP contribution is 2.50. The molecule has 3 aliphatic rings. The van der Waals surface area contributed by atoms with Gasteiger partial charge in [-0.25, -0.2) is 4.39 Å². The summed E-state index contributed by atoms with van der Waals surface area (Å²) in [6.45, 7) is 12.7. The highest BCUT2D eigenvalue weighted by atomic mass is 19.1. The number of ether oxygens (including phenoxy) is 1. The van der Waals surface area contributed by atoms with Crippen LogP contribution in [0.1, 0.15) is 40.5 Å². The second-order valence-electron chi connectivity index (χ2n) is 10.4. The molecule has 6 heteroatoms. The quantitative estimate of drug-likeness (QED) is 0.534. The van der Waals surface area contributed by atoms with Crippen LogP contribution >= 0.6 is 0 Å². The molecule has 33 heavy (non-hydrogen) atoms. The summed E-state index contributed by atoms with van der Waals surface area (Å²) in [5.41, 5.74) is 1.15. The zero-order valence-electron chi connectivity index (χ0n) is 20.3. The van der Waals surface area contributed by atoms with Crippen molar-refractivity contribution < 1.29 is 19.0 Å². The van der Waals surface area contributed by atoms with Gasteiger partial charge in [0.05, 0.1) is 5.60 Å². The van der Waals surface area contributed by atoms with Crippen molar-refractivity contribution in [2.24, 2.45) is 23.7 Å². The van der Waals surface area contributed by atoms with E-state index in [2.05, 4.69) is 29.7 Å². The number of piperazine rings is 1. The highest BCUT2D eigenvalue weighted by molar-refractivity contribution is 5.66. The molecule has 1 radical (unpaired) electrons. The van der Waals surface area contributed by atoms with E-state index in [-0.39, 0.29) is 23.6 Å². The lowest BCUT2D eigenvalue weighted by Gasteiger charge is -2.53. The number of benzene rings is 1. The minimum atomic E-state index is -0.946. The third kappa shape index (κ3) is 5.12. The van der Waals surface area contributed by atoms with Gasteiger partial charge in [-0.1, -0.05) is 19.9 Å². The predicted molar refractivity (Wildman–Crippen MR) is 128 cm³/mol. The first-order valence-electron chi connectivity index (χ1n) is 12.3. The standard InChI is InChI=1S/C27H38FN2O3/c1-18-15-25-24(10-5-20(3)27(25,32)16-26(18)33-21(4)31)19(2)17-29-11-13-30(14-12-29)23-8-6-22(28)7-9-23/h6-9,15-16,19-20,24-26,32H,5,10-14,17H2,1-4H3/t19?,20-,24+,25-,26-,27-/m1/s1. The Morgan fingerprint density at radius 1 is 1.21 bits per heavy atom. The van der Waals surface area contributed by atoms with Crippen molar-refractivity contribution >= 4 is 11.7 Å². The molecule has 1 aromatic rings. The zero-order valence-corrected chi connectivity index (χ0v) is 20.3. The summed E-state index contributed by atoms with van der Waals surface area (Å²) in [6.07, 6.45) is 5.69. The summed E-state index contributed by atoms with van der Waals surface area (Å²) in [5, 5.41) is 11.7. The van der Waals surface area contributed by atoms with Gasteiger partial charge >= 0.3 is 5.97 Å². The van der Waals surface area contributed by atoms with E-state index in [4.69, 9.17) is 4.74 Å². The van der Waals surface area contributed by atoms with E-state index >= 15 is 0 Å². The lowest BCUT2D eigenvalue weighted by Crippen LogP contribution is -2.57. The van der Waals surface area contributed by atoms with Crippen LogP contribution < -0.4 is 4.90 Å². The Kier molecular flexibility index (Phi) is 7.15. The lowest BCUT2D eigenvalue weighted by atomic mass is 9.57. The number of halogens is 1. The molecule has 1 unspecified atom stereocenters. The van der Waals surface area contributed by atoms with Crippen LogP contribution in [0, 0.1) is 35.9 Å². The Bertz CT molecular complexity index is 865. The predicted octanol–water partition coefficient (Wildman–Crippen LogP) is 4.07. The van der Waals surface area contributed by atoms with Gasteiger partial charge in [0.1, 0.15) is 11.9 Å². The molecule has 1 heterocycles. The summed E-state index contributed by atoms with van der Waals surface area (Å²) < 4.78 is 18.7. The van der Waals surface area contributed by atoms with E-state index in [1.165, 1.54) is 19.1 Å². The number of carbonyl (C=O) groups is 1. The fourth-order valence-electron chi connectivity index (χ4n) is 6.14. The minimum absolute atomic E-state index is 0.0450. The minimum Gasteiger partial charge on any atom is -0.458 e. The van der Waals surface area contributed by atoms with Gasteiger partial charge in [-0.2, -0.15) is 0 Å². The molecular weight excluding hydrogens is 419 g/mol. The lowest BCUT2D eigenvalue weighted by molar-refractivity contribution is -0.148. The molecule has 5 nitrogen and oxygen atoms in total. The van der Waals surface area contributed by atoms with Crippen LogP contribution in [0.4, 0.5) is 10.1 Å². The van der Waals surface area contributed by atoms with Gasteiger partial charge in [0.25, 0.3) is 0 Å². The van der Waals surface area contributed by atoms with Crippen LogP contribution in [0.15, 0.2) is 35.9 Å². The Balaban J connectivity index is 1.40. The van der Waals surface area contributed by atoms with Gasteiger partial charge < -0.3 is 14.7 Å². The zero-order chi connectivity index (χ0) is 23.8. The summed E-state index contributed by atoms with van der Waals surface area (Å²) >= 11 is 0. The molecule has 0 bridgehead atoms. The van der Waals surface area contributed by atoms with Crippen molar-refractivity contribution in [2.45, 2.75) is 52.2 Å². The molecule has 1 saturated heterocycles. The fraction of sp³-hybridized carbons (Fsp3) is 0.630. The molecule has 2 aliphatic carbocycles. The van der Waals surface area contributed by atoms with Crippen LogP contribution in [-0.2, 0) is 9.53 Å². The van der Waals surface area contributed by atoms with E-state index in [1.54, 1.807) is 0 Å². The Morgan fingerprint density at radius 2 is 1.88 bits per heavy atom. The van der Waals surface area contributed by atoms with Gasteiger partial charge in [0, 0.05) is 57.7 Å². The molecule has 0 spiro atoms. The Hall–Kier alpha value is -1.92. The van der Waals surface area contributed by atoms with E-state index in [9.17, 15) is 14.3 Å². The molecule has 4 rings (SSSR count). The number of fused-ring (bicyclic) bond motifs is 1. The maximum Gasteiger partial charge on any atom is 0.303 e. The number of hydrogen-bond donors (Lipinski definition) is 1. The Labute approximate surface area is 197 Å². The summed E-state index contributed by atoms with van der Waals surface area (Å²) in [5.74, 6) is 0.478. The summed E-state index contributed by atoms with van der Waals surface area (Å²) in [4.78, 5) is 16.4. The van der Waals surface area contributed by atoms with Crippen molar-refractivity contribution in [3.8, 4) is 0 Å². The number of aliphatic hydroxyl groups is 1. The molecule has 1 N–H and O–H groups in total. The number of carbonyl (C=O) groups excluding carboxylic acids is 1. The number of hydrogen-bond acceptors (Lipinski definition) is 5. The van der Waals surface area contributed by atoms with Crippen LogP contribution in [0.25, 0.3) is 0 Å². The SMILES string of the molecule is CC(=O)O[C@@H]1[CH][C@@]2(O)[C@H](C)CC[C@@H](C(C)CN3CCN(c4ccc(F)cc4)CC3)[C@H]2C=C1C. The third-order valence-corrected chi connectivity index (χ3v) is 8.16. The van der Waals surface area contributed by atoms with E-state index in [1.807, 2.05) is 25.5 Å². The first-order valence-corrected chi connectivity index (χ1v) is 12.3. The molecule has 181 valence electrons. The fourth-order valence-corrected chi connectivity index (χ4v) is 6.14. The topological polar surface area (TPSA) is 53.0 Å². The van der Waals surface area contributed by atoms with Crippen LogP contribution in [0.5, 0.6) is 0 Å². The number of rotatable bonds is 5. The van der Waals surface area contributed by atoms with Crippen molar-refractivity contribution in [1.82, 2.24) is 4.90 Å². The van der Waals surface area contributed by atoms with Crippen molar-refractivity contribution in [1.29, 1.82) is 0 Å². The van der Waals surface area contributed by atoms with E-state index < -0.39 is 11.7 Å². The van der Waals surface area contributed by atoms with Crippen molar-refractivity contribution in [3.63, 3.8) is 0 Å². The highest BCUT2D eigenvalue weighted by Gasteiger charge is 2.53. The molecule has 0 aromatic heterocycles. The van der Waals surface area contributed by atoms with Gasteiger partial charge in [-0.3, -0.25) is 9.69 Å². The number of nitrogens with zero attached hydrogens (tertiary/aromatic N) is 2. The smallest absolute Gasteiger partial charge is 0.303 e. The van der Waals surface area contributed by atoms with Crippen molar-refractivity contribution in [2.75, 3.05) is 37.6 Å². The maximum absolute atomic E-state index is 13.2. The first kappa shape index (κ1) is 24.2. The average Bonchev–Trinajstić information content (AvgIpc) is 2.77. The maximum atomic E-state index is 13.2. The number of esters is 1. The molecule has 1 aliphatic heterocycles.